The van der Waals surface area contributed by atoms with Crippen LogP contribution in [-0.4, -0.2) is 0 Å². The molecule has 122 valence electrons. The molecular weight excluding hydrogens is 285 g/mol. The van der Waals surface area contributed by atoms with E-state index in [-0.39, 0.29) is 5.92 Å². The van der Waals surface area contributed by atoms with Crippen molar-refractivity contribution in [2.24, 2.45) is 11.8 Å². The maximum atomic E-state index is 13.4. The fourth-order valence-corrected chi connectivity index (χ4v) is 4.37. The number of halogens is 3. The normalized spacial score (nSPS) is 26.5. The Morgan fingerprint density at radius 1 is 0.727 bits per heavy atom. The second kappa shape index (κ2) is 7.06. The highest BCUT2D eigenvalue weighted by atomic mass is 19.2. The molecule has 2 saturated carbocycles. The Kier molecular flexibility index (Phi) is 5.10. The monoisotopic (exact) mass is 310 g/mol. The van der Waals surface area contributed by atoms with Gasteiger partial charge in [-0.1, -0.05) is 38.5 Å². The molecule has 0 heterocycles. The molecule has 0 radical (unpaired) electrons. The van der Waals surface area contributed by atoms with Crippen molar-refractivity contribution in [2.45, 2.75) is 70.1 Å². The Balaban J connectivity index is 1.50. The number of hydrogen-bond acceptors (Lipinski definition) is 0. The van der Waals surface area contributed by atoms with Gasteiger partial charge in [-0.15, -0.1) is 0 Å². The first-order valence-corrected chi connectivity index (χ1v) is 8.78. The molecule has 0 unspecified atom stereocenters. The Morgan fingerprint density at radius 3 is 1.77 bits per heavy atom. The fraction of sp³-hybridized carbons (Fsp3) is 0.684. The first-order valence-electron chi connectivity index (χ1n) is 8.78. The molecule has 2 fully saturated rings. The van der Waals surface area contributed by atoms with Gasteiger partial charge in [0, 0.05) is 0 Å². The van der Waals surface area contributed by atoms with Crippen molar-refractivity contribution in [3.05, 3.63) is 35.1 Å². The van der Waals surface area contributed by atoms with Crippen LogP contribution in [0.1, 0.15) is 75.7 Å². The van der Waals surface area contributed by atoms with E-state index in [0.717, 1.165) is 37.5 Å². The van der Waals surface area contributed by atoms with Gasteiger partial charge in [0.25, 0.3) is 0 Å². The summed E-state index contributed by atoms with van der Waals surface area (Å²) < 4.78 is 39.7. The van der Waals surface area contributed by atoms with Crippen molar-refractivity contribution in [1.82, 2.24) is 0 Å². The molecule has 0 aromatic heterocycles. The second-order valence-electron chi connectivity index (χ2n) is 7.24. The third-order valence-electron chi connectivity index (χ3n) is 5.78. The highest BCUT2D eigenvalue weighted by Crippen LogP contribution is 2.39. The molecule has 0 bridgehead atoms. The molecule has 22 heavy (non-hydrogen) atoms. The fourth-order valence-electron chi connectivity index (χ4n) is 4.37. The highest BCUT2D eigenvalue weighted by Gasteiger charge is 2.25. The van der Waals surface area contributed by atoms with Crippen LogP contribution >= 0.6 is 0 Å². The Bertz CT molecular complexity index is 474. The van der Waals surface area contributed by atoms with Crippen LogP contribution in [-0.2, 0) is 0 Å². The molecule has 0 saturated heterocycles. The predicted molar refractivity (Wildman–Crippen MR) is 82.2 cm³/mol. The molecule has 0 amide bonds. The van der Waals surface area contributed by atoms with Crippen molar-refractivity contribution in [2.75, 3.05) is 0 Å². The number of hydrogen-bond donors (Lipinski definition) is 0. The lowest BCUT2D eigenvalue weighted by molar-refractivity contribution is 0.286. The smallest absolute Gasteiger partial charge is 0.194 e. The molecule has 0 atom stereocenters. The Labute approximate surface area is 131 Å². The molecule has 1 aromatic carbocycles. The van der Waals surface area contributed by atoms with Crippen LogP contribution in [0.4, 0.5) is 13.2 Å². The minimum atomic E-state index is -1.35. The zero-order chi connectivity index (χ0) is 15.5. The summed E-state index contributed by atoms with van der Waals surface area (Å²) in [6, 6.07) is 2.36. The highest BCUT2D eigenvalue weighted by molar-refractivity contribution is 5.23. The lowest BCUT2D eigenvalue weighted by Gasteiger charge is -2.29. The Morgan fingerprint density at radius 2 is 1.23 bits per heavy atom. The average molecular weight is 310 g/mol. The van der Waals surface area contributed by atoms with Crippen molar-refractivity contribution in [1.29, 1.82) is 0 Å². The summed E-state index contributed by atoms with van der Waals surface area (Å²) in [6.07, 6.45) is 12.5. The van der Waals surface area contributed by atoms with Crippen LogP contribution < -0.4 is 0 Å². The third kappa shape index (κ3) is 3.67. The van der Waals surface area contributed by atoms with Gasteiger partial charge in [-0.25, -0.2) is 13.2 Å². The summed E-state index contributed by atoms with van der Waals surface area (Å²) in [7, 11) is 0. The minimum Gasteiger partial charge on any atom is -0.204 e. The second-order valence-corrected chi connectivity index (χ2v) is 7.24. The summed E-state index contributed by atoms with van der Waals surface area (Å²) in [4.78, 5) is 0. The third-order valence-corrected chi connectivity index (χ3v) is 5.78. The predicted octanol–water partition coefficient (Wildman–Crippen LogP) is 6.35. The Hall–Kier alpha value is -0.990. The molecule has 3 heteroatoms. The summed E-state index contributed by atoms with van der Waals surface area (Å²) >= 11 is 0. The van der Waals surface area contributed by atoms with Gasteiger partial charge in [0.2, 0.25) is 0 Å². The van der Waals surface area contributed by atoms with Crippen molar-refractivity contribution < 1.29 is 13.2 Å². The van der Waals surface area contributed by atoms with Gasteiger partial charge >= 0.3 is 0 Å². The maximum Gasteiger partial charge on any atom is 0.194 e. The zero-order valence-corrected chi connectivity index (χ0v) is 13.1. The van der Waals surface area contributed by atoms with E-state index < -0.39 is 17.5 Å². The van der Waals surface area contributed by atoms with Crippen molar-refractivity contribution in [3.8, 4) is 0 Å². The molecule has 0 spiro atoms. The molecule has 0 aliphatic heterocycles. The van der Waals surface area contributed by atoms with Crippen molar-refractivity contribution >= 4 is 0 Å². The summed E-state index contributed by atoms with van der Waals surface area (Å²) in [5.74, 6) is -1.57. The molecule has 2 aliphatic rings. The van der Waals surface area contributed by atoms with Crippen LogP contribution in [0.15, 0.2) is 12.1 Å². The average Bonchev–Trinajstić information content (AvgIpc) is 3.04. The lowest BCUT2D eigenvalue weighted by Crippen LogP contribution is -2.15. The quantitative estimate of drug-likeness (QED) is 0.568. The van der Waals surface area contributed by atoms with E-state index in [4.69, 9.17) is 0 Å². The van der Waals surface area contributed by atoms with Crippen LogP contribution in [0, 0.1) is 29.3 Å². The first-order chi connectivity index (χ1) is 10.6. The van der Waals surface area contributed by atoms with Gasteiger partial charge in [0.05, 0.1) is 0 Å². The maximum absolute atomic E-state index is 13.4. The zero-order valence-electron chi connectivity index (χ0n) is 13.1. The van der Waals surface area contributed by atoms with Gasteiger partial charge < -0.3 is 0 Å². The SMILES string of the molecule is Fc1cc(C2CCC(CCC3CCCC3)CC2)cc(F)c1F. The van der Waals surface area contributed by atoms with E-state index in [9.17, 15) is 13.2 Å². The molecule has 3 rings (SSSR count). The molecule has 0 N–H and O–H groups in total. The number of benzene rings is 1. The van der Waals surface area contributed by atoms with Gasteiger partial charge in [-0.2, -0.15) is 0 Å². The van der Waals surface area contributed by atoms with E-state index in [0.29, 0.717) is 5.56 Å². The molecular formula is C19H25F3. The van der Waals surface area contributed by atoms with Crippen LogP contribution in [0.5, 0.6) is 0 Å². The van der Waals surface area contributed by atoms with E-state index in [1.54, 1.807) is 0 Å². The van der Waals surface area contributed by atoms with Gasteiger partial charge in [0.15, 0.2) is 17.5 Å². The van der Waals surface area contributed by atoms with Crippen LogP contribution in [0.25, 0.3) is 0 Å². The minimum absolute atomic E-state index is 0.187. The van der Waals surface area contributed by atoms with Gasteiger partial charge in [-0.05, 0) is 61.1 Å². The molecule has 2 aliphatic carbocycles. The first kappa shape index (κ1) is 15.9. The summed E-state index contributed by atoms with van der Waals surface area (Å²) in [5, 5.41) is 0. The van der Waals surface area contributed by atoms with E-state index in [1.807, 2.05) is 0 Å². The van der Waals surface area contributed by atoms with Gasteiger partial charge in [0.1, 0.15) is 0 Å². The molecule has 0 nitrogen and oxygen atoms in total. The van der Waals surface area contributed by atoms with Gasteiger partial charge in [-0.3, -0.25) is 0 Å². The standard InChI is InChI=1S/C19H25F3/c20-17-11-16(12-18(21)19(17)22)15-9-7-14(8-10-15)6-5-13-3-1-2-4-13/h11-15H,1-10H2. The largest absolute Gasteiger partial charge is 0.204 e. The van der Waals surface area contributed by atoms with E-state index in [1.165, 1.54) is 50.7 Å². The van der Waals surface area contributed by atoms with E-state index >= 15 is 0 Å². The van der Waals surface area contributed by atoms with E-state index in [2.05, 4.69) is 0 Å². The topological polar surface area (TPSA) is 0 Å². The lowest BCUT2D eigenvalue weighted by atomic mass is 9.76. The molecule has 1 aromatic rings. The van der Waals surface area contributed by atoms with Crippen molar-refractivity contribution in [3.63, 3.8) is 0 Å². The summed E-state index contributed by atoms with van der Waals surface area (Å²) in [5.41, 5.74) is 0.630. The van der Waals surface area contributed by atoms with Crippen LogP contribution in [0.2, 0.25) is 0 Å². The summed E-state index contributed by atoms with van der Waals surface area (Å²) in [6.45, 7) is 0. The number of rotatable bonds is 4. The van der Waals surface area contributed by atoms with Crippen LogP contribution in [0.3, 0.4) is 0 Å².